The minimum absolute atomic E-state index is 0.818. The number of hydrogen-bond donors (Lipinski definition) is 0. The molecule has 0 bridgehead atoms. The van der Waals surface area contributed by atoms with Crippen molar-refractivity contribution < 1.29 is 0 Å². The fourth-order valence-electron chi connectivity index (χ4n) is 3.77. The third-order valence-corrected chi connectivity index (χ3v) is 5.51. The van der Waals surface area contributed by atoms with Crippen LogP contribution in [0.25, 0.3) is 0 Å². The number of rotatable bonds is 5. The molecule has 0 N–H and O–H groups in total. The van der Waals surface area contributed by atoms with Crippen LogP contribution in [0.3, 0.4) is 0 Å². The van der Waals surface area contributed by atoms with Gasteiger partial charge in [0.25, 0.3) is 0 Å². The SMILES string of the molecule is CCc1nnc(N2CCC(CN3CCN(C)CC3)CC2)nc1CC. The van der Waals surface area contributed by atoms with Crippen molar-refractivity contribution in [1.82, 2.24) is 25.0 Å². The van der Waals surface area contributed by atoms with Gasteiger partial charge in [-0.15, -0.1) is 5.10 Å². The van der Waals surface area contributed by atoms with Crippen LogP contribution in [0.4, 0.5) is 5.95 Å². The lowest BCUT2D eigenvalue weighted by molar-refractivity contribution is 0.129. The Morgan fingerprint density at radius 1 is 0.875 bits per heavy atom. The molecule has 1 aromatic heterocycles. The van der Waals surface area contributed by atoms with Crippen molar-refractivity contribution in [3.05, 3.63) is 11.4 Å². The first-order chi connectivity index (χ1) is 11.7. The van der Waals surface area contributed by atoms with Crippen molar-refractivity contribution in [2.45, 2.75) is 39.5 Å². The van der Waals surface area contributed by atoms with Gasteiger partial charge >= 0.3 is 0 Å². The fourth-order valence-corrected chi connectivity index (χ4v) is 3.77. The maximum atomic E-state index is 4.77. The van der Waals surface area contributed by atoms with E-state index in [2.05, 4.69) is 45.8 Å². The molecule has 134 valence electrons. The van der Waals surface area contributed by atoms with Crippen molar-refractivity contribution in [2.24, 2.45) is 5.92 Å². The first-order valence-electron chi connectivity index (χ1n) is 9.57. The van der Waals surface area contributed by atoms with E-state index in [-0.39, 0.29) is 0 Å². The number of likely N-dealkylation sites (N-methyl/N-ethyl adjacent to an activating group) is 1. The van der Waals surface area contributed by atoms with Crippen LogP contribution < -0.4 is 4.90 Å². The highest BCUT2D eigenvalue weighted by atomic mass is 15.3. The molecule has 0 saturated carbocycles. The molecule has 0 amide bonds. The zero-order valence-electron chi connectivity index (χ0n) is 15.5. The summed E-state index contributed by atoms with van der Waals surface area (Å²) in [6, 6.07) is 0. The molecule has 3 rings (SSSR count). The molecule has 2 aliphatic heterocycles. The highest BCUT2D eigenvalue weighted by molar-refractivity contribution is 5.31. The molecule has 0 radical (unpaired) electrons. The van der Waals surface area contributed by atoms with E-state index in [1.807, 2.05) is 0 Å². The Morgan fingerprint density at radius 3 is 2.17 bits per heavy atom. The second-order valence-corrected chi connectivity index (χ2v) is 7.25. The molecule has 0 unspecified atom stereocenters. The maximum Gasteiger partial charge on any atom is 0.245 e. The Hall–Kier alpha value is -1.27. The Labute approximate surface area is 146 Å². The van der Waals surface area contributed by atoms with Crippen LogP contribution in [0.5, 0.6) is 0 Å². The third kappa shape index (κ3) is 4.22. The molecular formula is C18H32N6. The van der Waals surface area contributed by atoms with Gasteiger partial charge in [-0.05, 0) is 38.6 Å². The molecule has 0 spiro atoms. The number of aromatic nitrogens is 3. The van der Waals surface area contributed by atoms with Gasteiger partial charge in [0, 0.05) is 45.8 Å². The maximum absolute atomic E-state index is 4.77. The molecule has 2 saturated heterocycles. The number of piperazine rings is 1. The van der Waals surface area contributed by atoms with Gasteiger partial charge in [-0.3, -0.25) is 0 Å². The minimum atomic E-state index is 0.818. The fraction of sp³-hybridized carbons (Fsp3) is 0.833. The predicted molar refractivity (Wildman–Crippen MR) is 97.5 cm³/mol. The van der Waals surface area contributed by atoms with Crippen LogP contribution in [0.15, 0.2) is 0 Å². The van der Waals surface area contributed by atoms with Crippen molar-refractivity contribution in [3.8, 4) is 0 Å². The Bertz CT molecular complexity index is 518. The van der Waals surface area contributed by atoms with Crippen LogP contribution in [0.1, 0.15) is 38.1 Å². The van der Waals surface area contributed by atoms with E-state index in [0.717, 1.165) is 49.2 Å². The van der Waals surface area contributed by atoms with Gasteiger partial charge in [-0.2, -0.15) is 5.10 Å². The monoisotopic (exact) mass is 332 g/mol. The second kappa shape index (κ2) is 8.21. The largest absolute Gasteiger partial charge is 0.340 e. The summed E-state index contributed by atoms with van der Waals surface area (Å²) in [6.07, 6.45) is 4.33. The highest BCUT2D eigenvalue weighted by Crippen LogP contribution is 2.22. The Morgan fingerprint density at radius 2 is 1.54 bits per heavy atom. The lowest BCUT2D eigenvalue weighted by Gasteiger charge is -2.37. The summed E-state index contributed by atoms with van der Waals surface area (Å²) >= 11 is 0. The molecule has 24 heavy (non-hydrogen) atoms. The summed E-state index contributed by atoms with van der Waals surface area (Å²) in [5.41, 5.74) is 2.16. The average Bonchev–Trinajstić information content (AvgIpc) is 2.63. The van der Waals surface area contributed by atoms with Crippen molar-refractivity contribution >= 4 is 5.95 Å². The van der Waals surface area contributed by atoms with Gasteiger partial charge < -0.3 is 14.7 Å². The molecule has 0 atom stereocenters. The normalized spacial score (nSPS) is 21.4. The molecule has 2 aliphatic rings. The van der Waals surface area contributed by atoms with Crippen LogP contribution >= 0.6 is 0 Å². The molecular weight excluding hydrogens is 300 g/mol. The molecule has 3 heterocycles. The standard InChI is InChI=1S/C18H32N6/c1-4-16-17(5-2)20-21-18(19-16)24-8-6-15(7-9-24)14-23-12-10-22(3)11-13-23/h15H,4-14H2,1-3H3. The number of aryl methyl sites for hydroxylation is 2. The van der Waals surface area contributed by atoms with Crippen LogP contribution in [-0.2, 0) is 12.8 Å². The van der Waals surface area contributed by atoms with E-state index in [4.69, 9.17) is 4.98 Å². The molecule has 1 aromatic rings. The molecule has 6 heteroatoms. The summed E-state index contributed by atoms with van der Waals surface area (Å²) < 4.78 is 0. The smallest absolute Gasteiger partial charge is 0.245 e. The summed E-state index contributed by atoms with van der Waals surface area (Å²) in [6.45, 7) is 12.5. The van der Waals surface area contributed by atoms with Crippen molar-refractivity contribution in [2.75, 3.05) is 57.8 Å². The second-order valence-electron chi connectivity index (χ2n) is 7.25. The van der Waals surface area contributed by atoms with E-state index in [0.29, 0.717) is 0 Å². The number of piperidine rings is 1. The number of anilines is 1. The number of nitrogens with zero attached hydrogens (tertiary/aromatic N) is 6. The minimum Gasteiger partial charge on any atom is -0.340 e. The van der Waals surface area contributed by atoms with Gasteiger partial charge in [0.05, 0.1) is 11.4 Å². The first-order valence-corrected chi connectivity index (χ1v) is 9.57. The zero-order chi connectivity index (χ0) is 16.9. The quantitative estimate of drug-likeness (QED) is 0.814. The van der Waals surface area contributed by atoms with Gasteiger partial charge in [0.1, 0.15) is 0 Å². The topological polar surface area (TPSA) is 48.4 Å². The van der Waals surface area contributed by atoms with E-state index < -0.39 is 0 Å². The van der Waals surface area contributed by atoms with Gasteiger partial charge in [0.15, 0.2) is 0 Å². The summed E-state index contributed by atoms with van der Waals surface area (Å²) in [5.74, 6) is 1.65. The van der Waals surface area contributed by atoms with Gasteiger partial charge in [0.2, 0.25) is 5.95 Å². The van der Waals surface area contributed by atoms with Crippen LogP contribution in [0.2, 0.25) is 0 Å². The van der Waals surface area contributed by atoms with Crippen molar-refractivity contribution in [1.29, 1.82) is 0 Å². The Kier molecular flexibility index (Phi) is 6.00. The summed E-state index contributed by atoms with van der Waals surface area (Å²) in [5, 5.41) is 8.78. The predicted octanol–water partition coefficient (Wildman–Crippen LogP) is 1.46. The Balaban J connectivity index is 1.51. The lowest BCUT2D eigenvalue weighted by Crippen LogP contribution is -2.47. The molecule has 2 fully saturated rings. The lowest BCUT2D eigenvalue weighted by atomic mass is 9.96. The highest BCUT2D eigenvalue weighted by Gasteiger charge is 2.24. The third-order valence-electron chi connectivity index (χ3n) is 5.51. The molecule has 0 aromatic carbocycles. The van der Waals surface area contributed by atoms with E-state index in [1.54, 1.807) is 0 Å². The van der Waals surface area contributed by atoms with Crippen LogP contribution in [0, 0.1) is 5.92 Å². The summed E-state index contributed by atoms with van der Waals surface area (Å²) in [4.78, 5) is 12.2. The summed E-state index contributed by atoms with van der Waals surface area (Å²) in [7, 11) is 2.22. The molecule has 0 aliphatic carbocycles. The first kappa shape index (κ1) is 17.5. The van der Waals surface area contributed by atoms with E-state index in [9.17, 15) is 0 Å². The van der Waals surface area contributed by atoms with Crippen LogP contribution in [-0.4, -0.2) is 77.8 Å². The van der Waals surface area contributed by atoms with Crippen molar-refractivity contribution in [3.63, 3.8) is 0 Å². The van der Waals surface area contributed by atoms with E-state index >= 15 is 0 Å². The zero-order valence-corrected chi connectivity index (χ0v) is 15.5. The van der Waals surface area contributed by atoms with Gasteiger partial charge in [-0.25, -0.2) is 4.98 Å². The molecule has 6 nitrogen and oxygen atoms in total. The number of hydrogen-bond acceptors (Lipinski definition) is 6. The van der Waals surface area contributed by atoms with Gasteiger partial charge in [-0.1, -0.05) is 13.8 Å². The van der Waals surface area contributed by atoms with E-state index in [1.165, 1.54) is 45.6 Å². The average molecular weight is 332 g/mol.